The van der Waals surface area contributed by atoms with Gasteiger partial charge in [0.2, 0.25) is 0 Å². The van der Waals surface area contributed by atoms with Crippen molar-refractivity contribution in [2.24, 2.45) is 0 Å². The summed E-state index contributed by atoms with van der Waals surface area (Å²) >= 11 is 0. The highest BCUT2D eigenvalue weighted by atomic mass is 16.6. The lowest BCUT2D eigenvalue weighted by atomic mass is 10.1. The highest BCUT2D eigenvalue weighted by molar-refractivity contribution is 5.67. The summed E-state index contributed by atoms with van der Waals surface area (Å²) in [5.41, 5.74) is -0.227. The van der Waals surface area contributed by atoms with Crippen molar-refractivity contribution in [2.45, 2.75) is 71.9 Å². The molecule has 0 spiro atoms. The Labute approximate surface area is 112 Å². The zero-order chi connectivity index (χ0) is 14.2. The quantitative estimate of drug-likeness (QED) is 0.720. The van der Waals surface area contributed by atoms with Crippen LogP contribution in [0.4, 0.5) is 4.79 Å². The Morgan fingerprint density at radius 3 is 2.00 bits per heavy atom. The summed E-state index contributed by atoms with van der Waals surface area (Å²) in [6, 6.07) is 0. The molecule has 0 aliphatic carbocycles. The first-order chi connectivity index (χ1) is 8.10. The molecule has 0 bridgehead atoms. The summed E-state index contributed by atoms with van der Waals surface area (Å²) in [6.45, 7) is 13.8. The monoisotopic (exact) mass is 258 g/mol. The Bertz CT molecular complexity index is 239. The number of nitrogens with one attached hydrogen (secondary N) is 2. The molecule has 0 fully saturated rings. The number of alkyl carbamates (subject to hydrolysis) is 1. The Morgan fingerprint density at radius 2 is 1.50 bits per heavy atom. The molecule has 0 atom stereocenters. The van der Waals surface area contributed by atoms with Crippen molar-refractivity contribution in [1.29, 1.82) is 0 Å². The third kappa shape index (κ3) is 13.3. The molecule has 0 unspecified atom stereocenters. The molecule has 0 radical (unpaired) electrons. The van der Waals surface area contributed by atoms with Crippen LogP contribution >= 0.6 is 0 Å². The number of hydrogen-bond acceptors (Lipinski definition) is 3. The van der Waals surface area contributed by atoms with E-state index in [9.17, 15) is 4.79 Å². The Kier molecular flexibility index (Phi) is 7.29. The van der Waals surface area contributed by atoms with E-state index in [1.807, 2.05) is 20.8 Å². The van der Waals surface area contributed by atoms with Gasteiger partial charge in [0.05, 0.1) is 0 Å². The molecule has 0 aliphatic rings. The van der Waals surface area contributed by atoms with Gasteiger partial charge in [-0.3, -0.25) is 0 Å². The van der Waals surface area contributed by atoms with E-state index >= 15 is 0 Å². The van der Waals surface area contributed by atoms with E-state index in [1.54, 1.807) is 0 Å². The van der Waals surface area contributed by atoms with E-state index < -0.39 is 5.60 Å². The Morgan fingerprint density at radius 1 is 0.944 bits per heavy atom. The molecule has 0 aromatic heterocycles. The lowest BCUT2D eigenvalue weighted by Gasteiger charge is -2.20. The number of hydrogen-bond donors (Lipinski definition) is 2. The second kappa shape index (κ2) is 7.62. The van der Waals surface area contributed by atoms with Crippen LogP contribution in [0.15, 0.2) is 0 Å². The Hall–Kier alpha value is -0.770. The molecule has 0 heterocycles. The summed E-state index contributed by atoms with van der Waals surface area (Å²) in [5, 5.41) is 6.21. The first-order valence-electron chi connectivity index (χ1n) is 6.82. The summed E-state index contributed by atoms with van der Waals surface area (Å²) in [7, 11) is 0. The standard InChI is InChI=1S/C14H30N2O2/c1-13(2,3)16-11-9-7-8-10-15-12(17)18-14(4,5)6/h16H,7-11H2,1-6H3,(H,15,17). The summed E-state index contributed by atoms with van der Waals surface area (Å²) < 4.78 is 5.15. The topological polar surface area (TPSA) is 50.4 Å². The van der Waals surface area contributed by atoms with Crippen molar-refractivity contribution in [1.82, 2.24) is 10.6 Å². The van der Waals surface area contributed by atoms with Crippen LogP contribution in [-0.2, 0) is 4.74 Å². The molecule has 2 N–H and O–H groups in total. The summed E-state index contributed by atoms with van der Waals surface area (Å²) in [5.74, 6) is 0. The minimum Gasteiger partial charge on any atom is -0.444 e. The number of amides is 1. The molecule has 0 rings (SSSR count). The van der Waals surface area contributed by atoms with Crippen molar-refractivity contribution >= 4 is 6.09 Å². The van der Waals surface area contributed by atoms with E-state index in [4.69, 9.17) is 4.74 Å². The number of carbonyl (C=O) groups is 1. The molecule has 0 saturated heterocycles. The lowest BCUT2D eigenvalue weighted by Crippen LogP contribution is -2.36. The highest BCUT2D eigenvalue weighted by Crippen LogP contribution is 2.06. The van der Waals surface area contributed by atoms with Crippen LogP contribution in [0.2, 0.25) is 0 Å². The van der Waals surface area contributed by atoms with Crippen LogP contribution in [0.25, 0.3) is 0 Å². The van der Waals surface area contributed by atoms with E-state index in [0.717, 1.165) is 25.8 Å². The minimum atomic E-state index is -0.416. The van der Waals surface area contributed by atoms with Gasteiger partial charge in [-0.25, -0.2) is 4.79 Å². The average Bonchev–Trinajstić information content (AvgIpc) is 2.11. The maximum Gasteiger partial charge on any atom is 0.407 e. The van der Waals surface area contributed by atoms with Gasteiger partial charge in [0, 0.05) is 12.1 Å². The SMILES string of the molecule is CC(C)(C)NCCCCCNC(=O)OC(C)(C)C. The first-order valence-corrected chi connectivity index (χ1v) is 6.82. The second-order valence-electron chi connectivity index (χ2n) is 6.67. The largest absolute Gasteiger partial charge is 0.444 e. The molecule has 108 valence electrons. The van der Waals surface area contributed by atoms with Crippen LogP contribution in [0.1, 0.15) is 60.8 Å². The van der Waals surface area contributed by atoms with Crippen LogP contribution in [-0.4, -0.2) is 30.3 Å². The zero-order valence-electron chi connectivity index (χ0n) is 12.9. The average molecular weight is 258 g/mol. The fraction of sp³-hybridized carbons (Fsp3) is 0.929. The summed E-state index contributed by atoms with van der Waals surface area (Å²) in [4.78, 5) is 11.3. The molecule has 0 aromatic rings. The van der Waals surface area contributed by atoms with E-state index in [0.29, 0.717) is 6.54 Å². The van der Waals surface area contributed by atoms with Gasteiger partial charge in [-0.05, 0) is 60.9 Å². The normalized spacial score (nSPS) is 12.3. The number of rotatable bonds is 6. The third-order valence-corrected chi connectivity index (χ3v) is 2.18. The number of unbranched alkanes of at least 4 members (excludes halogenated alkanes) is 2. The van der Waals surface area contributed by atoms with Crippen molar-refractivity contribution in [2.75, 3.05) is 13.1 Å². The molecular weight excluding hydrogens is 228 g/mol. The molecular formula is C14H30N2O2. The van der Waals surface area contributed by atoms with Crippen LogP contribution < -0.4 is 10.6 Å². The van der Waals surface area contributed by atoms with Crippen LogP contribution in [0, 0.1) is 0 Å². The fourth-order valence-electron chi connectivity index (χ4n) is 1.39. The van der Waals surface area contributed by atoms with E-state index in [-0.39, 0.29) is 11.6 Å². The van der Waals surface area contributed by atoms with Gasteiger partial charge in [0.15, 0.2) is 0 Å². The van der Waals surface area contributed by atoms with Gasteiger partial charge >= 0.3 is 6.09 Å². The van der Waals surface area contributed by atoms with Crippen molar-refractivity contribution in [3.63, 3.8) is 0 Å². The smallest absolute Gasteiger partial charge is 0.407 e. The zero-order valence-corrected chi connectivity index (χ0v) is 12.9. The number of ether oxygens (including phenoxy) is 1. The molecule has 0 aliphatic heterocycles. The van der Waals surface area contributed by atoms with Crippen LogP contribution in [0.5, 0.6) is 0 Å². The molecule has 4 nitrogen and oxygen atoms in total. The van der Waals surface area contributed by atoms with Crippen molar-refractivity contribution in [3.05, 3.63) is 0 Å². The van der Waals surface area contributed by atoms with Crippen LogP contribution in [0.3, 0.4) is 0 Å². The van der Waals surface area contributed by atoms with E-state index in [1.165, 1.54) is 0 Å². The molecule has 4 heteroatoms. The van der Waals surface area contributed by atoms with Gasteiger partial charge in [-0.1, -0.05) is 6.42 Å². The lowest BCUT2D eigenvalue weighted by molar-refractivity contribution is 0.0527. The number of carbonyl (C=O) groups excluding carboxylic acids is 1. The molecule has 1 amide bonds. The van der Waals surface area contributed by atoms with Gasteiger partial charge in [-0.2, -0.15) is 0 Å². The van der Waals surface area contributed by atoms with E-state index in [2.05, 4.69) is 31.4 Å². The van der Waals surface area contributed by atoms with Gasteiger partial charge < -0.3 is 15.4 Å². The van der Waals surface area contributed by atoms with Gasteiger partial charge in [0.25, 0.3) is 0 Å². The van der Waals surface area contributed by atoms with Crippen molar-refractivity contribution < 1.29 is 9.53 Å². The Balaban J connectivity index is 3.39. The third-order valence-electron chi connectivity index (χ3n) is 2.18. The predicted molar refractivity (Wildman–Crippen MR) is 75.8 cm³/mol. The minimum absolute atomic E-state index is 0.189. The fourth-order valence-corrected chi connectivity index (χ4v) is 1.39. The molecule has 0 saturated carbocycles. The summed E-state index contributed by atoms with van der Waals surface area (Å²) in [6.07, 6.45) is 2.91. The van der Waals surface area contributed by atoms with Gasteiger partial charge in [-0.15, -0.1) is 0 Å². The molecule has 18 heavy (non-hydrogen) atoms. The maximum atomic E-state index is 11.3. The second-order valence-corrected chi connectivity index (χ2v) is 6.67. The molecule has 0 aromatic carbocycles. The first kappa shape index (κ1) is 17.2. The predicted octanol–water partition coefficient (Wildman–Crippen LogP) is 3.07. The van der Waals surface area contributed by atoms with Gasteiger partial charge in [0.1, 0.15) is 5.60 Å². The van der Waals surface area contributed by atoms with Crippen molar-refractivity contribution in [3.8, 4) is 0 Å². The maximum absolute atomic E-state index is 11.3. The highest BCUT2D eigenvalue weighted by Gasteiger charge is 2.15.